The summed E-state index contributed by atoms with van der Waals surface area (Å²) >= 11 is 8.47. The molecule has 0 saturated heterocycles. The molecule has 0 aliphatic carbocycles. The zero-order valence-electron chi connectivity index (χ0n) is 6.52. The zero-order valence-corrected chi connectivity index (χ0v) is 8.86. The van der Waals surface area contributed by atoms with Gasteiger partial charge in [-0.1, -0.05) is 11.6 Å². The van der Waals surface area contributed by atoms with E-state index >= 15 is 0 Å². The van der Waals surface area contributed by atoms with Crippen molar-refractivity contribution in [3.8, 4) is 5.75 Å². The van der Waals surface area contributed by atoms with Gasteiger partial charge in [-0.2, -0.15) is 0 Å². The number of aromatic nitrogens is 1. The SMILES string of the molecule is COc1c(C(F)F)cc(Cl)nc1Br. The third-order valence-electron chi connectivity index (χ3n) is 1.37. The van der Waals surface area contributed by atoms with Gasteiger partial charge in [-0.25, -0.2) is 13.8 Å². The number of hydrogen-bond acceptors (Lipinski definition) is 2. The van der Waals surface area contributed by atoms with E-state index in [4.69, 9.17) is 16.3 Å². The molecule has 0 atom stereocenters. The van der Waals surface area contributed by atoms with Crippen LogP contribution in [0.2, 0.25) is 5.15 Å². The van der Waals surface area contributed by atoms with Crippen LogP contribution in [-0.2, 0) is 0 Å². The maximum Gasteiger partial charge on any atom is 0.267 e. The molecular weight excluding hydrogens is 267 g/mol. The van der Waals surface area contributed by atoms with E-state index in [1.54, 1.807) is 0 Å². The van der Waals surface area contributed by atoms with Crippen LogP contribution < -0.4 is 4.74 Å². The molecule has 1 aromatic rings. The summed E-state index contributed by atoms with van der Waals surface area (Å²) < 4.78 is 29.7. The molecule has 1 heterocycles. The van der Waals surface area contributed by atoms with Gasteiger partial charge in [-0.15, -0.1) is 0 Å². The largest absolute Gasteiger partial charge is 0.493 e. The monoisotopic (exact) mass is 271 g/mol. The van der Waals surface area contributed by atoms with E-state index in [0.717, 1.165) is 6.07 Å². The minimum absolute atomic E-state index is 0.00275. The van der Waals surface area contributed by atoms with E-state index < -0.39 is 6.43 Å². The van der Waals surface area contributed by atoms with Crippen molar-refractivity contribution in [3.63, 3.8) is 0 Å². The smallest absolute Gasteiger partial charge is 0.267 e. The Hall–Kier alpha value is -0.420. The Morgan fingerprint density at radius 2 is 2.23 bits per heavy atom. The molecule has 1 aromatic heterocycles. The highest BCUT2D eigenvalue weighted by Gasteiger charge is 2.18. The van der Waals surface area contributed by atoms with Crippen molar-refractivity contribution in [1.82, 2.24) is 4.98 Å². The summed E-state index contributed by atoms with van der Waals surface area (Å²) in [6.45, 7) is 0. The first-order valence-electron chi connectivity index (χ1n) is 3.24. The summed E-state index contributed by atoms with van der Waals surface area (Å²) in [4.78, 5) is 3.71. The lowest BCUT2D eigenvalue weighted by atomic mass is 10.2. The molecule has 2 nitrogen and oxygen atoms in total. The van der Waals surface area contributed by atoms with Crippen LogP contribution in [0.4, 0.5) is 8.78 Å². The highest BCUT2D eigenvalue weighted by Crippen LogP contribution is 2.35. The molecule has 0 aliphatic rings. The molecule has 0 bridgehead atoms. The van der Waals surface area contributed by atoms with Crippen LogP contribution in [0.3, 0.4) is 0 Å². The third-order valence-corrected chi connectivity index (χ3v) is 2.10. The van der Waals surface area contributed by atoms with E-state index in [1.165, 1.54) is 7.11 Å². The van der Waals surface area contributed by atoms with Gasteiger partial charge in [-0.05, 0) is 22.0 Å². The zero-order chi connectivity index (χ0) is 10.0. The van der Waals surface area contributed by atoms with Crippen LogP contribution in [0.5, 0.6) is 5.75 Å². The van der Waals surface area contributed by atoms with E-state index in [0.29, 0.717) is 0 Å². The van der Waals surface area contributed by atoms with Gasteiger partial charge in [0.2, 0.25) is 0 Å². The lowest BCUT2D eigenvalue weighted by Gasteiger charge is -2.08. The molecule has 0 aromatic carbocycles. The molecule has 0 fully saturated rings. The molecule has 0 spiro atoms. The predicted octanol–water partition coefficient (Wildman–Crippen LogP) is 3.44. The number of alkyl halides is 2. The summed E-state index contributed by atoms with van der Waals surface area (Å²) in [5.41, 5.74) is -0.269. The highest BCUT2D eigenvalue weighted by atomic mass is 79.9. The summed E-state index contributed by atoms with van der Waals surface area (Å²) in [6.07, 6.45) is -2.63. The van der Waals surface area contributed by atoms with Crippen molar-refractivity contribution in [1.29, 1.82) is 0 Å². The van der Waals surface area contributed by atoms with Gasteiger partial charge in [0.25, 0.3) is 6.43 Å². The highest BCUT2D eigenvalue weighted by molar-refractivity contribution is 9.10. The second-order valence-corrected chi connectivity index (χ2v) is 3.30. The fraction of sp³-hybridized carbons (Fsp3) is 0.286. The van der Waals surface area contributed by atoms with Gasteiger partial charge in [0.05, 0.1) is 12.7 Å². The maximum atomic E-state index is 12.4. The standard InChI is InChI=1S/C7H5BrClF2NO/c1-13-5-3(7(10)11)2-4(9)12-6(5)8/h2,7H,1H3. The molecule has 6 heteroatoms. The third kappa shape index (κ3) is 2.28. The number of ether oxygens (including phenoxy) is 1. The van der Waals surface area contributed by atoms with Crippen LogP contribution >= 0.6 is 27.5 Å². The van der Waals surface area contributed by atoms with E-state index in [9.17, 15) is 8.78 Å². The molecule has 72 valence electrons. The lowest BCUT2D eigenvalue weighted by molar-refractivity contribution is 0.146. The minimum Gasteiger partial charge on any atom is -0.493 e. The van der Waals surface area contributed by atoms with E-state index in [-0.39, 0.29) is 21.1 Å². The Kier molecular flexibility index (Phi) is 3.44. The Morgan fingerprint density at radius 3 is 2.69 bits per heavy atom. The maximum absolute atomic E-state index is 12.4. The first kappa shape index (κ1) is 10.7. The van der Waals surface area contributed by atoms with Crippen LogP contribution in [0.1, 0.15) is 12.0 Å². The molecule has 13 heavy (non-hydrogen) atoms. The quantitative estimate of drug-likeness (QED) is 0.769. The Labute approximate surface area is 87.0 Å². The first-order valence-corrected chi connectivity index (χ1v) is 4.41. The number of nitrogens with zero attached hydrogens (tertiary/aromatic N) is 1. The topological polar surface area (TPSA) is 22.1 Å². The average Bonchev–Trinajstić information content (AvgIpc) is 2.02. The minimum atomic E-state index is -2.63. The first-order chi connectivity index (χ1) is 6.06. The number of halogens is 4. The fourth-order valence-corrected chi connectivity index (χ4v) is 1.74. The van der Waals surface area contributed by atoms with Crippen molar-refractivity contribution in [2.24, 2.45) is 0 Å². The molecule has 0 aliphatic heterocycles. The Balaban J connectivity index is 3.29. The molecule has 0 amide bonds. The summed E-state index contributed by atoms with van der Waals surface area (Å²) in [5, 5.41) is 0.00275. The van der Waals surface area contributed by atoms with Crippen LogP contribution in [0, 0.1) is 0 Å². The van der Waals surface area contributed by atoms with E-state index in [1.807, 2.05) is 0 Å². The van der Waals surface area contributed by atoms with E-state index in [2.05, 4.69) is 20.9 Å². The fourth-order valence-electron chi connectivity index (χ4n) is 0.854. The van der Waals surface area contributed by atoms with Crippen molar-refractivity contribution in [2.75, 3.05) is 7.11 Å². The van der Waals surface area contributed by atoms with Gasteiger partial charge in [0.15, 0.2) is 5.75 Å². The Bertz CT molecular complexity index is 322. The average molecular weight is 272 g/mol. The second kappa shape index (κ2) is 4.19. The second-order valence-electron chi connectivity index (χ2n) is 2.16. The molecule has 0 saturated carbocycles. The van der Waals surface area contributed by atoms with Crippen LogP contribution in [-0.4, -0.2) is 12.1 Å². The number of methoxy groups -OCH3 is 1. The number of hydrogen-bond donors (Lipinski definition) is 0. The summed E-state index contributed by atoms with van der Waals surface area (Å²) in [6, 6.07) is 1.08. The lowest BCUT2D eigenvalue weighted by Crippen LogP contribution is -1.95. The van der Waals surface area contributed by atoms with Gasteiger partial charge >= 0.3 is 0 Å². The van der Waals surface area contributed by atoms with Gasteiger partial charge < -0.3 is 4.74 Å². The van der Waals surface area contributed by atoms with Crippen molar-refractivity contribution < 1.29 is 13.5 Å². The molecule has 1 rings (SSSR count). The number of rotatable bonds is 2. The van der Waals surface area contributed by atoms with Crippen molar-refractivity contribution in [2.45, 2.75) is 6.43 Å². The van der Waals surface area contributed by atoms with Gasteiger partial charge in [0.1, 0.15) is 9.76 Å². The molecule has 0 radical (unpaired) electrons. The molecule has 0 unspecified atom stereocenters. The normalized spacial score (nSPS) is 10.6. The summed E-state index contributed by atoms with van der Waals surface area (Å²) in [5.74, 6) is 0.0133. The van der Waals surface area contributed by atoms with Crippen molar-refractivity contribution >= 4 is 27.5 Å². The number of pyridine rings is 1. The van der Waals surface area contributed by atoms with Gasteiger partial charge in [-0.3, -0.25) is 0 Å². The summed E-state index contributed by atoms with van der Waals surface area (Å²) in [7, 11) is 1.29. The van der Waals surface area contributed by atoms with Crippen LogP contribution in [0.25, 0.3) is 0 Å². The van der Waals surface area contributed by atoms with Crippen LogP contribution in [0.15, 0.2) is 10.7 Å². The van der Waals surface area contributed by atoms with Crippen molar-refractivity contribution in [3.05, 3.63) is 21.4 Å². The Morgan fingerprint density at radius 1 is 1.62 bits per heavy atom. The molecule has 0 N–H and O–H groups in total. The van der Waals surface area contributed by atoms with Gasteiger partial charge in [0, 0.05) is 0 Å². The predicted molar refractivity (Wildman–Crippen MR) is 48.5 cm³/mol. The molecular formula is C7H5BrClF2NO.